The molecular weight excluding hydrogens is 152 g/mol. The van der Waals surface area contributed by atoms with Gasteiger partial charge in [0.2, 0.25) is 0 Å². The van der Waals surface area contributed by atoms with Gasteiger partial charge in [0.05, 0.1) is 11.7 Å². The van der Waals surface area contributed by atoms with Crippen molar-refractivity contribution in [1.82, 2.24) is 0 Å². The van der Waals surface area contributed by atoms with E-state index < -0.39 is 0 Å². The number of ketones is 1. The zero-order valence-electron chi connectivity index (χ0n) is 8.22. The molecule has 70 valence electrons. The zero-order valence-corrected chi connectivity index (χ0v) is 8.22. The van der Waals surface area contributed by atoms with Gasteiger partial charge in [-0.15, -0.1) is 0 Å². The highest BCUT2D eigenvalue weighted by molar-refractivity contribution is 5.75. The summed E-state index contributed by atoms with van der Waals surface area (Å²) in [5.74, 6) is 0.267. The van der Waals surface area contributed by atoms with Gasteiger partial charge in [0.25, 0.3) is 0 Å². The number of carbonyl (C=O) groups is 1. The van der Waals surface area contributed by atoms with Gasteiger partial charge in [-0.05, 0) is 40.0 Å². The average Bonchev–Trinajstić information content (AvgIpc) is 2.26. The van der Waals surface area contributed by atoms with Crippen molar-refractivity contribution in [2.75, 3.05) is 0 Å². The Morgan fingerprint density at radius 2 is 2.25 bits per heavy atom. The first-order chi connectivity index (χ1) is 5.49. The lowest BCUT2D eigenvalue weighted by molar-refractivity contribution is -0.118. The van der Waals surface area contributed by atoms with Crippen LogP contribution in [0.5, 0.6) is 0 Å². The molecule has 0 spiro atoms. The Morgan fingerprint density at radius 1 is 1.58 bits per heavy atom. The minimum Gasteiger partial charge on any atom is -0.372 e. The van der Waals surface area contributed by atoms with E-state index in [4.69, 9.17) is 4.74 Å². The van der Waals surface area contributed by atoms with E-state index in [2.05, 4.69) is 13.8 Å². The Kier molecular flexibility index (Phi) is 2.89. The highest BCUT2D eigenvalue weighted by Gasteiger charge is 2.31. The summed E-state index contributed by atoms with van der Waals surface area (Å²) in [6.07, 6.45) is 4.12. The van der Waals surface area contributed by atoms with Gasteiger partial charge in [-0.3, -0.25) is 0 Å². The van der Waals surface area contributed by atoms with Crippen LogP contribution < -0.4 is 0 Å². The van der Waals surface area contributed by atoms with Gasteiger partial charge in [0, 0.05) is 6.42 Å². The highest BCUT2D eigenvalue weighted by Crippen LogP contribution is 2.31. The molecule has 1 fully saturated rings. The van der Waals surface area contributed by atoms with E-state index in [1.165, 1.54) is 0 Å². The molecular formula is C10H18O2. The molecule has 0 saturated carbocycles. The van der Waals surface area contributed by atoms with Crippen molar-refractivity contribution in [1.29, 1.82) is 0 Å². The summed E-state index contributed by atoms with van der Waals surface area (Å²) < 4.78 is 5.75. The third kappa shape index (κ3) is 2.94. The van der Waals surface area contributed by atoms with Gasteiger partial charge in [-0.2, -0.15) is 0 Å². The third-order valence-electron chi connectivity index (χ3n) is 2.37. The lowest BCUT2D eigenvalue weighted by Crippen LogP contribution is -2.20. The molecule has 1 heterocycles. The second-order valence-electron chi connectivity index (χ2n) is 4.28. The highest BCUT2D eigenvalue weighted by atomic mass is 16.5. The fourth-order valence-corrected chi connectivity index (χ4v) is 1.65. The summed E-state index contributed by atoms with van der Waals surface area (Å²) in [7, 11) is 0. The van der Waals surface area contributed by atoms with Crippen LogP contribution in [0.1, 0.15) is 46.5 Å². The van der Waals surface area contributed by atoms with Crippen LogP contribution in [0, 0.1) is 0 Å². The van der Waals surface area contributed by atoms with Crippen LogP contribution in [0.4, 0.5) is 0 Å². The average molecular weight is 170 g/mol. The Bertz CT molecular complexity index is 173. The number of hydrogen-bond acceptors (Lipinski definition) is 2. The van der Waals surface area contributed by atoms with Crippen LogP contribution in [-0.2, 0) is 9.53 Å². The molecule has 1 aliphatic heterocycles. The van der Waals surface area contributed by atoms with E-state index >= 15 is 0 Å². The van der Waals surface area contributed by atoms with Crippen molar-refractivity contribution in [3.63, 3.8) is 0 Å². The standard InChI is InChI=1S/C10H18O2/c1-8(11)4-5-9-6-7-10(2,3)12-9/h9H,4-7H2,1-3H3. The number of hydrogen-bond donors (Lipinski definition) is 0. The van der Waals surface area contributed by atoms with Crippen molar-refractivity contribution in [2.24, 2.45) is 0 Å². The number of ether oxygens (including phenoxy) is 1. The van der Waals surface area contributed by atoms with Gasteiger partial charge < -0.3 is 9.53 Å². The second kappa shape index (κ2) is 3.56. The maximum atomic E-state index is 10.7. The number of Topliss-reactive ketones (excluding diaryl/α,β-unsaturated/α-hetero) is 1. The zero-order chi connectivity index (χ0) is 9.19. The first-order valence-electron chi connectivity index (χ1n) is 4.67. The largest absolute Gasteiger partial charge is 0.372 e. The molecule has 0 aromatic rings. The van der Waals surface area contributed by atoms with Crippen LogP contribution >= 0.6 is 0 Å². The summed E-state index contributed by atoms with van der Waals surface area (Å²) in [5.41, 5.74) is 0.0431. The molecule has 1 atom stereocenters. The molecule has 0 aromatic carbocycles. The lowest BCUT2D eigenvalue weighted by Gasteiger charge is -2.18. The van der Waals surface area contributed by atoms with Gasteiger partial charge in [-0.25, -0.2) is 0 Å². The monoisotopic (exact) mass is 170 g/mol. The van der Waals surface area contributed by atoms with Crippen molar-refractivity contribution in [3.8, 4) is 0 Å². The quantitative estimate of drug-likeness (QED) is 0.649. The Labute approximate surface area is 74.3 Å². The second-order valence-corrected chi connectivity index (χ2v) is 4.28. The van der Waals surface area contributed by atoms with Crippen LogP contribution in [-0.4, -0.2) is 17.5 Å². The molecule has 0 N–H and O–H groups in total. The van der Waals surface area contributed by atoms with E-state index in [1.807, 2.05) is 0 Å². The van der Waals surface area contributed by atoms with Crippen molar-refractivity contribution < 1.29 is 9.53 Å². The van der Waals surface area contributed by atoms with Gasteiger partial charge >= 0.3 is 0 Å². The fraction of sp³-hybridized carbons (Fsp3) is 0.900. The summed E-state index contributed by atoms with van der Waals surface area (Å²) in [6.45, 7) is 5.86. The fourth-order valence-electron chi connectivity index (χ4n) is 1.65. The minimum absolute atomic E-state index is 0.0431. The van der Waals surface area contributed by atoms with Crippen LogP contribution in [0.15, 0.2) is 0 Å². The Morgan fingerprint density at radius 3 is 2.67 bits per heavy atom. The molecule has 0 amide bonds. The Hall–Kier alpha value is -0.370. The normalized spacial score (nSPS) is 27.4. The SMILES string of the molecule is CC(=O)CCC1CCC(C)(C)O1. The molecule has 0 radical (unpaired) electrons. The van der Waals surface area contributed by atoms with E-state index in [0.717, 1.165) is 19.3 Å². The van der Waals surface area contributed by atoms with E-state index in [-0.39, 0.29) is 11.4 Å². The number of rotatable bonds is 3. The maximum absolute atomic E-state index is 10.7. The Balaban J connectivity index is 2.24. The summed E-state index contributed by atoms with van der Waals surface area (Å²) in [5, 5.41) is 0. The molecule has 12 heavy (non-hydrogen) atoms. The van der Waals surface area contributed by atoms with E-state index in [1.54, 1.807) is 6.92 Å². The molecule has 0 aromatic heterocycles. The predicted octanol–water partition coefficient (Wildman–Crippen LogP) is 2.31. The first-order valence-corrected chi connectivity index (χ1v) is 4.67. The van der Waals surface area contributed by atoms with Crippen LogP contribution in [0.25, 0.3) is 0 Å². The van der Waals surface area contributed by atoms with Crippen LogP contribution in [0.2, 0.25) is 0 Å². The van der Waals surface area contributed by atoms with Gasteiger partial charge in [0.15, 0.2) is 0 Å². The van der Waals surface area contributed by atoms with E-state index in [0.29, 0.717) is 12.5 Å². The molecule has 0 aliphatic carbocycles. The molecule has 1 aliphatic rings. The minimum atomic E-state index is 0.0431. The number of carbonyl (C=O) groups excluding carboxylic acids is 1. The molecule has 2 nitrogen and oxygen atoms in total. The molecule has 1 rings (SSSR count). The molecule has 0 bridgehead atoms. The smallest absolute Gasteiger partial charge is 0.129 e. The van der Waals surface area contributed by atoms with Gasteiger partial charge in [-0.1, -0.05) is 0 Å². The molecule has 1 unspecified atom stereocenters. The topological polar surface area (TPSA) is 26.3 Å². The van der Waals surface area contributed by atoms with E-state index in [9.17, 15) is 4.79 Å². The molecule has 1 saturated heterocycles. The van der Waals surface area contributed by atoms with Crippen molar-refractivity contribution in [3.05, 3.63) is 0 Å². The van der Waals surface area contributed by atoms with Crippen molar-refractivity contribution >= 4 is 5.78 Å². The summed E-state index contributed by atoms with van der Waals surface area (Å²) >= 11 is 0. The van der Waals surface area contributed by atoms with Crippen molar-refractivity contribution in [2.45, 2.75) is 58.2 Å². The maximum Gasteiger partial charge on any atom is 0.129 e. The lowest BCUT2D eigenvalue weighted by atomic mass is 10.0. The molecule has 2 heteroatoms. The van der Waals surface area contributed by atoms with Gasteiger partial charge in [0.1, 0.15) is 5.78 Å². The summed E-state index contributed by atoms with van der Waals surface area (Å²) in [6, 6.07) is 0. The first kappa shape index (κ1) is 9.72. The van der Waals surface area contributed by atoms with Crippen LogP contribution in [0.3, 0.4) is 0 Å². The third-order valence-corrected chi connectivity index (χ3v) is 2.37. The predicted molar refractivity (Wildman–Crippen MR) is 48.1 cm³/mol. The summed E-state index contributed by atoms with van der Waals surface area (Å²) in [4.78, 5) is 10.7.